The molecule has 1 fully saturated rings. The van der Waals surface area contributed by atoms with Crippen LogP contribution in [-0.4, -0.2) is 32.3 Å². The molecule has 0 aromatic heterocycles. The zero-order valence-corrected chi connectivity index (χ0v) is 11.8. The highest BCUT2D eigenvalue weighted by Gasteiger charge is 2.27. The molecular formula is C12H13ClFNO3S. The van der Waals surface area contributed by atoms with E-state index in [0.29, 0.717) is 0 Å². The Morgan fingerprint density at radius 1 is 1.42 bits per heavy atom. The van der Waals surface area contributed by atoms with E-state index in [0.717, 1.165) is 31.4 Å². The number of hydrogen-bond donors (Lipinski definition) is 0. The minimum Gasteiger partial charge on any atom is -0.339 e. The molecule has 1 aliphatic rings. The highest BCUT2D eigenvalue weighted by molar-refractivity contribution is 8.13. The fraction of sp³-hybridized carbons (Fsp3) is 0.417. The number of hydrogen-bond acceptors (Lipinski definition) is 3. The van der Waals surface area contributed by atoms with E-state index in [2.05, 4.69) is 0 Å². The Labute approximate surface area is 115 Å². The van der Waals surface area contributed by atoms with Gasteiger partial charge in [0.05, 0.1) is 0 Å². The molecule has 0 aliphatic heterocycles. The number of carbonyl (C=O) groups excluding carboxylic acids is 1. The quantitative estimate of drug-likeness (QED) is 0.806. The summed E-state index contributed by atoms with van der Waals surface area (Å²) >= 11 is 0. The first kappa shape index (κ1) is 14.3. The lowest BCUT2D eigenvalue weighted by molar-refractivity contribution is 0.0651. The Kier molecular flexibility index (Phi) is 3.82. The smallest absolute Gasteiger partial charge is 0.264 e. The summed E-state index contributed by atoms with van der Waals surface area (Å²) < 4.78 is 35.8. The second-order valence-electron chi connectivity index (χ2n) is 4.58. The SMILES string of the molecule is CN(C(=O)c1ccc(F)c(S(=O)(=O)Cl)c1)C1CCC1. The summed E-state index contributed by atoms with van der Waals surface area (Å²) in [4.78, 5) is 13.0. The van der Waals surface area contributed by atoms with E-state index in [-0.39, 0.29) is 17.5 Å². The van der Waals surface area contributed by atoms with Gasteiger partial charge in [0.25, 0.3) is 15.0 Å². The van der Waals surface area contributed by atoms with Gasteiger partial charge in [-0.05, 0) is 37.5 Å². The number of amides is 1. The average molecular weight is 306 g/mol. The van der Waals surface area contributed by atoms with Crippen LogP contribution in [0.25, 0.3) is 0 Å². The summed E-state index contributed by atoms with van der Waals surface area (Å²) in [5.41, 5.74) is 0.120. The van der Waals surface area contributed by atoms with Gasteiger partial charge in [-0.2, -0.15) is 0 Å². The molecule has 0 atom stereocenters. The Hall–Kier alpha value is -1.14. The van der Waals surface area contributed by atoms with Crippen molar-refractivity contribution < 1.29 is 17.6 Å². The topological polar surface area (TPSA) is 54.5 Å². The predicted octanol–water partition coefficient (Wildman–Crippen LogP) is 2.38. The van der Waals surface area contributed by atoms with E-state index in [1.165, 1.54) is 6.07 Å². The molecule has 0 heterocycles. The zero-order chi connectivity index (χ0) is 14.2. The van der Waals surface area contributed by atoms with Crippen molar-refractivity contribution in [3.63, 3.8) is 0 Å². The Morgan fingerprint density at radius 3 is 2.53 bits per heavy atom. The van der Waals surface area contributed by atoms with Crippen LogP contribution in [0.15, 0.2) is 23.1 Å². The number of rotatable bonds is 3. The molecule has 104 valence electrons. The largest absolute Gasteiger partial charge is 0.339 e. The minimum absolute atomic E-state index is 0.120. The second kappa shape index (κ2) is 5.09. The van der Waals surface area contributed by atoms with Crippen LogP contribution in [0.4, 0.5) is 4.39 Å². The van der Waals surface area contributed by atoms with Crippen LogP contribution in [0.5, 0.6) is 0 Å². The lowest BCUT2D eigenvalue weighted by Gasteiger charge is -2.34. The molecule has 7 heteroatoms. The molecule has 0 radical (unpaired) electrons. The summed E-state index contributed by atoms with van der Waals surface area (Å²) in [5.74, 6) is -1.29. The Balaban J connectivity index is 2.33. The van der Waals surface area contributed by atoms with E-state index < -0.39 is 19.8 Å². The van der Waals surface area contributed by atoms with Gasteiger partial charge in [-0.25, -0.2) is 12.8 Å². The van der Waals surface area contributed by atoms with Crippen LogP contribution >= 0.6 is 10.7 Å². The van der Waals surface area contributed by atoms with Crippen molar-refractivity contribution in [2.75, 3.05) is 7.05 Å². The maximum atomic E-state index is 13.4. The fourth-order valence-electron chi connectivity index (χ4n) is 1.97. The maximum Gasteiger partial charge on any atom is 0.264 e. The van der Waals surface area contributed by atoms with Crippen molar-refractivity contribution in [3.05, 3.63) is 29.6 Å². The van der Waals surface area contributed by atoms with Gasteiger partial charge in [-0.3, -0.25) is 4.79 Å². The van der Waals surface area contributed by atoms with Crippen molar-refractivity contribution in [2.24, 2.45) is 0 Å². The molecule has 0 N–H and O–H groups in total. The molecule has 0 unspecified atom stereocenters. The van der Waals surface area contributed by atoms with Gasteiger partial charge in [0, 0.05) is 29.3 Å². The van der Waals surface area contributed by atoms with E-state index in [1.54, 1.807) is 11.9 Å². The van der Waals surface area contributed by atoms with Crippen LogP contribution in [0, 0.1) is 5.82 Å². The summed E-state index contributed by atoms with van der Waals surface area (Å²) in [7, 11) is 2.58. The molecule has 1 aromatic carbocycles. The summed E-state index contributed by atoms with van der Waals surface area (Å²) in [6.07, 6.45) is 2.95. The van der Waals surface area contributed by atoms with E-state index in [1.807, 2.05) is 0 Å². The molecule has 19 heavy (non-hydrogen) atoms. The van der Waals surface area contributed by atoms with Gasteiger partial charge in [0.15, 0.2) is 0 Å². The lowest BCUT2D eigenvalue weighted by atomic mass is 9.91. The van der Waals surface area contributed by atoms with Gasteiger partial charge in [0.2, 0.25) is 0 Å². The normalized spacial score (nSPS) is 15.9. The standard InChI is InChI=1S/C12H13ClFNO3S/c1-15(9-3-2-4-9)12(16)8-5-6-10(14)11(7-8)19(13,17)18/h5-7,9H,2-4H2,1H3. The van der Waals surface area contributed by atoms with Gasteiger partial charge < -0.3 is 4.90 Å². The molecule has 1 aliphatic carbocycles. The highest BCUT2D eigenvalue weighted by Crippen LogP contribution is 2.26. The van der Waals surface area contributed by atoms with Crippen molar-refractivity contribution in [2.45, 2.75) is 30.2 Å². The molecule has 4 nitrogen and oxygen atoms in total. The third-order valence-corrected chi connectivity index (χ3v) is 4.72. The lowest BCUT2D eigenvalue weighted by Crippen LogP contribution is -2.41. The monoisotopic (exact) mass is 305 g/mol. The Bertz CT molecular complexity index is 613. The van der Waals surface area contributed by atoms with Crippen LogP contribution in [0.2, 0.25) is 0 Å². The number of benzene rings is 1. The third-order valence-electron chi connectivity index (χ3n) is 3.38. The van der Waals surface area contributed by atoms with Gasteiger partial charge in [-0.15, -0.1) is 0 Å². The number of halogens is 2. The predicted molar refractivity (Wildman–Crippen MR) is 69.2 cm³/mol. The van der Waals surface area contributed by atoms with Crippen LogP contribution < -0.4 is 0 Å². The summed E-state index contributed by atoms with van der Waals surface area (Å²) in [6, 6.07) is 3.36. The van der Waals surface area contributed by atoms with Gasteiger partial charge in [-0.1, -0.05) is 0 Å². The van der Waals surface area contributed by atoms with E-state index in [4.69, 9.17) is 10.7 Å². The first-order chi connectivity index (χ1) is 8.80. The van der Waals surface area contributed by atoms with Crippen molar-refractivity contribution in [1.29, 1.82) is 0 Å². The average Bonchev–Trinajstić information content (AvgIpc) is 2.24. The fourth-order valence-corrected chi connectivity index (χ4v) is 2.89. The summed E-state index contributed by atoms with van der Waals surface area (Å²) in [6.45, 7) is 0. The molecule has 0 spiro atoms. The molecule has 0 bridgehead atoms. The summed E-state index contributed by atoms with van der Waals surface area (Å²) in [5, 5.41) is 0. The van der Waals surface area contributed by atoms with Crippen molar-refractivity contribution >= 4 is 25.6 Å². The number of carbonyl (C=O) groups is 1. The molecule has 1 aromatic rings. The third kappa shape index (κ3) is 2.90. The van der Waals surface area contributed by atoms with Crippen LogP contribution in [0.3, 0.4) is 0 Å². The maximum absolute atomic E-state index is 13.4. The second-order valence-corrected chi connectivity index (χ2v) is 7.12. The highest BCUT2D eigenvalue weighted by atomic mass is 35.7. The molecule has 0 saturated heterocycles. The molecule has 2 rings (SSSR count). The molecular weight excluding hydrogens is 293 g/mol. The van der Waals surface area contributed by atoms with Crippen LogP contribution in [-0.2, 0) is 9.05 Å². The minimum atomic E-state index is -4.20. The first-order valence-corrected chi connectivity index (χ1v) is 8.13. The Morgan fingerprint density at radius 2 is 2.05 bits per heavy atom. The number of nitrogens with zero attached hydrogens (tertiary/aromatic N) is 1. The van der Waals surface area contributed by atoms with Gasteiger partial charge in [0.1, 0.15) is 10.7 Å². The van der Waals surface area contributed by atoms with Crippen LogP contribution in [0.1, 0.15) is 29.6 Å². The van der Waals surface area contributed by atoms with E-state index in [9.17, 15) is 17.6 Å². The van der Waals surface area contributed by atoms with Crippen molar-refractivity contribution in [1.82, 2.24) is 4.90 Å². The van der Waals surface area contributed by atoms with Crippen molar-refractivity contribution in [3.8, 4) is 0 Å². The van der Waals surface area contributed by atoms with Gasteiger partial charge >= 0.3 is 0 Å². The van der Waals surface area contributed by atoms with E-state index >= 15 is 0 Å². The molecule has 1 saturated carbocycles. The molecule has 1 amide bonds. The first-order valence-electron chi connectivity index (χ1n) is 5.82. The zero-order valence-electron chi connectivity index (χ0n) is 10.3.